The number of hydrazine groups is 1. The lowest BCUT2D eigenvalue weighted by Gasteiger charge is -2.40. The maximum absolute atomic E-state index is 13.6. The zero-order chi connectivity index (χ0) is 27.3. The number of fused-ring (bicyclic) bond motifs is 3. The second kappa shape index (κ2) is 10.0. The van der Waals surface area contributed by atoms with Crippen molar-refractivity contribution in [2.24, 2.45) is 11.8 Å². The number of methoxy groups -OCH3 is 1. The number of Topliss-reactive ketones (excluding diaryl/α,β-unsaturated/α-hetero) is 2. The number of hydrogen-bond acceptors (Lipinski definition) is 9. The minimum absolute atomic E-state index is 0.0749. The van der Waals surface area contributed by atoms with Gasteiger partial charge in [-0.25, -0.2) is 0 Å². The van der Waals surface area contributed by atoms with Crippen molar-refractivity contribution < 1.29 is 34.1 Å². The maximum atomic E-state index is 13.6. The number of ether oxygens (including phenoxy) is 1. The number of nitrogens with one attached hydrogen (secondary N) is 2. The smallest absolute Gasteiger partial charge is 0.276 e. The van der Waals surface area contributed by atoms with Gasteiger partial charge in [-0.1, -0.05) is 11.6 Å². The van der Waals surface area contributed by atoms with Crippen LogP contribution in [-0.4, -0.2) is 46.0 Å². The average Bonchev–Trinajstić information content (AvgIpc) is 2.88. The summed E-state index contributed by atoms with van der Waals surface area (Å²) in [6.07, 6.45) is 0.125. The van der Waals surface area contributed by atoms with Crippen molar-refractivity contribution in [3.05, 3.63) is 69.5 Å². The minimum Gasteiger partial charge on any atom is -0.511 e. The van der Waals surface area contributed by atoms with Gasteiger partial charge in [-0.3, -0.25) is 30.0 Å². The van der Waals surface area contributed by atoms with Crippen LogP contribution in [-0.2, 0) is 14.4 Å². The highest BCUT2D eigenvalue weighted by molar-refractivity contribution is 8.00. The third-order valence-electron chi connectivity index (χ3n) is 6.82. The van der Waals surface area contributed by atoms with Gasteiger partial charge in [0.05, 0.1) is 29.2 Å². The SMILES string of the molecule is COc1ccc(Cl)c2c1C(O)=C1C(=O)C3C(O)=C(C(=O)NNC(=O)c4ccc(S)cc4)C(=O)CC3CC1S2. The van der Waals surface area contributed by atoms with Gasteiger partial charge >= 0.3 is 0 Å². The molecule has 2 amide bonds. The Balaban J connectivity index is 1.44. The molecule has 1 heterocycles. The van der Waals surface area contributed by atoms with Crippen LogP contribution in [0.15, 0.2) is 63.1 Å². The molecule has 38 heavy (non-hydrogen) atoms. The molecule has 196 valence electrons. The molecule has 5 rings (SSSR count). The van der Waals surface area contributed by atoms with Crippen molar-refractivity contribution in [1.82, 2.24) is 10.9 Å². The number of halogens is 1. The molecule has 1 aliphatic heterocycles. The molecule has 1 fully saturated rings. The topological polar surface area (TPSA) is 142 Å². The van der Waals surface area contributed by atoms with Gasteiger partial charge in [-0.2, -0.15) is 0 Å². The Bertz CT molecular complexity index is 1470. The summed E-state index contributed by atoms with van der Waals surface area (Å²) in [7, 11) is 1.43. The molecule has 4 N–H and O–H groups in total. The molecule has 0 bridgehead atoms. The Hall–Kier alpha value is -3.41. The monoisotopic (exact) mass is 572 g/mol. The second-order valence-corrected chi connectivity index (χ2v) is 11.1. The highest BCUT2D eigenvalue weighted by Gasteiger charge is 2.51. The lowest BCUT2D eigenvalue weighted by molar-refractivity contribution is -0.127. The molecule has 0 spiro atoms. The van der Waals surface area contributed by atoms with E-state index >= 15 is 0 Å². The van der Waals surface area contributed by atoms with Crippen molar-refractivity contribution in [2.75, 3.05) is 7.11 Å². The third-order valence-corrected chi connectivity index (χ3v) is 8.92. The minimum atomic E-state index is -1.20. The fourth-order valence-corrected chi connectivity index (χ4v) is 6.97. The van der Waals surface area contributed by atoms with Gasteiger partial charge in [-0.05, 0) is 48.7 Å². The Morgan fingerprint density at radius 1 is 1.08 bits per heavy atom. The summed E-state index contributed by atoms with van der Waals surface area (Å²) >= 11 is 11.8. The van der Waals surface area contributed by atoms with Crippen LogP contribution >= 0.6 is 36.0 Å². The molecule has 2 aromatic carbocycles. The number of thioether (sulfide) groups is 1. The van der Waals surface area contributed by atoms with Gasteiger partial charge in [0.15, 0.2) is 11.6 Å². The first-order valence-corrected chi connectivity index (χ1v) is 13.2. The summed E-state index contributed by atoms with van der Waals surface area (Å²) in [5.74, 6) is -5.38. The van der Waals surface area contributed by atoms with Gasteiger partial charge in [0.2, 0.25) is 0 Å². The van der Waals surface area contributed by atoms with Crippen LogP contribution in [0.5, 0.6) is 5.75 Å². The van der Waals surface area contributed by atoms with Crippen LogP contribution in [0, 0.1) is 11.8 Å². The van der Waals surface area contributed by atoms with Gasteiger partial charge in [0.25, 0.3) is 11.8 Å². The predicted molar refractivity (Wildman–Crippen MR) is 142 cm³/mol. The highest BCUT2D eigenvalue weighted by Crippen LogP contribution is 2.54. The van der Waals surface area contributed by atoms with Crippen LogP contribution in [0.3, 0.4) is 0 Å². The molecule has 1 saturated carbocycles. The molecule has 0 aromatic heterocycles. The van der Waals surface area contributed by atoms with Crippen LogP contribution in [0.25, 0.3) is 5.76 Å². The number of thiol groups is 1. The Morgan fingerprint density at radius 3 is 2.45 bits per heavy atom. The number of rotatable bonds is 3. The summed E-state index contributed by atoms with van der Waals surface area (Å²) in [4.78, 5) is 52.9. The van der Waals surface area contributed by atoms with E-state index in [9.17, 15) is 29.4 Å². The number of allylic oxidation sites excluding steroid dienone is 1. The molecule has 2 aromatic rings. The van der Waals surface area contributed by atoms with Crippen LogP contribution in [0.1, 0.15) is 28.8 Å². The molecule has 0 saturated heterocycles. The summed E-state index contributed by atoms with van der Waals surface area (Å²) in [5.41, 5.74) is 4.32. The Morgan fingerprint density at radius 2 is 1.76 bits per heavy atom. The van der Waals surface area contributed by atoms with Crippen molar-refractivity contribution in [2.45, 2.75) is 27.9 Å². The number of amides is 2. The van der Waals surface area contributed by atoms with E-state index in [1.807, 2.05) is 0 Å². The molecule has 3 unspecified atom stereocenters. The number of hydrogen-bond donors (Lipinski definition) is 5. The number of aliphatic hydroxyl groups is 2. The largest absolute Gasteiger partial charge is 0.511 e. The lowest BCUT2D eigenvalue weighted by Crippen LogP contribution is -2.48. The number of ketones is 2. The average molecular weight is 573 g/mol. The zero-order valence-electron chi connectivity index (χ0n) is 19.8. The quantitative estimate of drug-likeness (QED) is 0.212. The van der Waals surface area contributed by atoms with E-state index in [-0.39, 0.29) is 35.3 Å². The van der Waals surface area contributed by atoms with Gasteiger partial charge < -0.3 is 14.9 Å². The van der Waals surface area contributed by atoms with Gasteiger partial charge in [0.1, 0.15) is 22.8 Å². The first-order chi connectivity index (χ1) is 18.1. The summed E-state index contributed by atoms with van der Waals surface area (Å²) in [6, 6.07) is 9.39. The van der Waals surface area contributed by atoms with E-state index in [2.05, 4.69) is 23.5 Å². The zero-order valence-corrected chi connectivity index (χ0v) is 22.2. The first kappa shape index (κ1) is 26.2. The molecular formula is C26H21ClN2O7S2. The Labute approximate surface area is 231 Å². The van der Waals surface area contributed by atoms with E-state index in [0.717, 1.165) is 0 Å². The van der Waals surface area contributed by atoms with E-state index in [4.69, 9.17) is 16.3 Å². The summed E-state index contributed by atoms with van der Waals surface area (Å²) in [5, 5.41) is 22.0. The maximum Gasteiger partial charge on any atom is 0.276 e. The molecule has 9 nitrogen and oxygen atoms in total. The highest BCUT2D eigenvalue weighted by atomic mass is 35.5. The van der Waals surface area contributed by atoms with Crippen LogP contribution in [0.2, 0.25) is 5.02 Å². The van der Waals surface area contributed by atoms with Crippen molar-refractivity contribution in [3.8, 4) is 5.75 Å². The molecule has 0 radical (unpaired) electrons. The van der Waals surface area contributed by atoms with Gasteiger partial charge in [0, 0.05) is 27.0 Å². The van der Waals surface area contributed by atoms with Crippen LogP contribution in [0.4, 0.5) is 0 Å². The van der Waals surface area contributed by atoms with Crippen molar-refractivity contribution in [3.63, 3.8) is 0 Å². The summed E-state index contributed by atoms with van der Waals surface area (Å²) < 4.78 is 5.36. The third kappa shape index (κ3) is 4.34. The van der Waals surface area contributed by atoms with Crippen molar-refractivity contribution in [1.29, 1.82) is 0 Å². The lowest BCUT2D eigenvalue weighted by atomic mass is 9.67. The van der Waals surface area contributed by atoms with E-state index in [1.165, 1.54) is 31.0 Å². The molecule has 3 atom stereocenters. The number of carbonyl (C=O) groups is 4. The molecule has 2 aliphatic carbocycles. The fourth-order valence-electron chi connectivity index (χ4n) is 5.06. The molecule has 3 aliphatic rings. The van der Waals surface area contributed by atoms with Crippen molar-refractivity contribution >= 4 is 65.1 Å². The first-order valence-electron chi connectivity index (χ1n) is 11.5. The number of aliphatic hydroxyl groups excluding tert-OH is 2. The fraction of sp³-hybridized carbons (Fsp3) is 0.231. The molecule has 12 heteroatoms. The van der Waals surface area contributed by atoms with E-state index < -0.39 is 51.8 Å². The number of benzene rings is 2. The Kier molecular flexibility index (Phi) is 6.93. The number of carbonyl (C=O) groups excluding carboxylic acids is 4. The second-order valence-electron chi connectivity index (χ2n) is 9.00. The molecular weight excluding hydrogens is 552 g/mol. The summed E-state index contributed by atoms with van der Waals surface area (Å²) in [6.45, 7) is 0. The van der Waals surface area contributed by atoms with Gasteiger partial charge in [-0.15, -0.1) is 24.4 Å². The van der Waals surface area contributed by atoms with E-state index in [1.54, 1.807) is 24.3 Å². The predicted octanol–water partition coefficient (Wildman–Crippen LogP) is 3.83. The standard InChI is InChI=1S/C26H21ClN2O7S2/c1-36-15-7-6-13(27)24-19(15)23(33)20-16(38-24)9-11-8-14(30)18(21(31)17(11)22(20)32)26(35)29-28-25(34)10-2-4-12(37)5-3-10/h2-7,11,16-17,31,33,37H,8-9H2,1H3,(H,28,34)(H,29,35). The van der Waals surface area contributed by atoms with Crippen LogP contribution < -0.4 is 15.6 Å². The normalized spacial score (nSPS) is 22.3. The van der Waals surface area contributed by atoms with E-state index in [0.29, 0.717) is 20.6 Å².